The first-order valence-electron chi connectivity index (χ1n) is 10.1. The molecule has 1 aromatic carbocycles. The smallest absolute Gasteiger partial charge is 0.339 e. The summed E-state index contributed by atoms with van der Waals surface area (Å²) >= 11 is 0. The van der Waals surface area contributed by atoms with E-state index < -0.39 is 24.0 Å². The molecular formula is C22H26NO6-. The molecule has 1 amide bonds. The van der Waals surface area contributed by atoms with E-state index in [1.807, 2.05) is 13.8 Å². The molecule has 0 radical (unpaired) electrons. The van der Waals surface area contributed by atoms with Crippen molar-refractivity contribution in [3.63, 3.8) is 0 Å². The molecule has 0 saturated carbocycles. The molecule has 1 aromatic heterocycles. The van der Waals surface area contributed by atoms with E-state index in [2.05, 4.69) is 5.32 Å². The maximum atomic E-state index is 12.5. The van der Waals surface area contributed by atoms with E-state index >= 15 is 0 Å². The summed E-state index contributed by atoms with van der Waals surface area (Å²) in [4.78, 5) is 36.0. The second-order valence-electron chi connectivity index (χ2n) is 7.62. The molecular weight excluding hydrogens is 374 g/mol. The maximum Gasteiger partial charge on any atom is 0.339 e. The highest BCUT2D eigenvalue weighted by Gasteiger charge is 2.25. The molecule has 2 atom stereocenters. The molecule has 1 N–H and O–H groups in total. The third kappa shape index (κ3) is 4.44. The Morgan fingerprint density at radius 1 is 1.28 bits per heavy atom. The number of hydrogen-bond donors (Lipinski definition) is 1. The van der Waals surface area contributed by atoms with Gasteiger partial charge in [-0.05, 0) is 62.8 Å². The fraction of sp³-hybridized carbons (Fsp3) is 0.500. The molecule has 0 fully saturated rings. The monoisotopic (exact) mass is 400 g/mol. The number of rotatable bonds is 8. The van der Waals surface area contributed by atoms with Crippen LogP contribution in [0.5, 0.6) is 5.75 Å². The summed E-state index contributed by atoms with van der Waals surface area (Å²) in [6.45, 7) is 5.36. The van der Waals surface area contributed by atoms with Crippen molar-refractivity contribution in [2.75, 3.05) is 0 Å². The number of carboxylic acid groups (broad SMARTS) is 1. The minimum atomic E-state index is -1.31. The standard InChI is InChI=1S/C22H27NO6/c1-4-5-9-16(21(25)26)23-20(24)13(3)28-17-10-12(2)11-18-19(17)14-7-6-8-15(14)22(27)29-18/h10-11,13,16H,4-9H2,1-3H3,(H,23,24)(H,25,26)/p-1/t13-,16-/m1/s1. The van der Waals surface area contributed by atoms with Crippen LogP contribution in [0.15, 0.2) is 21.3 Å². The van der Waals surface area contributed by atoms with Crippen molar-refractivity contribution in [1.29, 1.82) is 0 Å². The summed E-state index contributed by atoms with van der Waals surface area (Å²) in [6, 6.07) is 2.53. The number of amides is 1. The second-order valence-corrected chi connectivity index (χ2v) is 7.62. The molecule has 29 heavy (non-hydrogen) atoms. The van der Waals surface area contributed by atoms with E-state index in [1.165, 1.54) is 0 Å². The van der Waals surface area contributed by atoms with E-state index in [9.17, 15) is 19.5 Å². The van der Waals surface area contributed by atoms with Crippen LogP contribution in [0.1, 0.15) is 56.2 Å². The highest BCUT2D eigenvalue weighted by molar-refractivity contribution is 5.90. The number of aliphatic carboxylic acids is 1. The zero-order valence-corrected chi connectivity index (χ0v) is 17.0. The van der Waals surface area contributed by atoms with E-state index in [0.29, 0.717) is 41.5 Å². The minimum Gasteiger partial charge on any atom is -0.548 e. The highest BCUT2D eigenvalue weighted by atomic mass is 16.5. The summed E-state index contributed by atoms with van der Waals surface area (Å²) in [5, 5.41) is 14.5. The van der Waals surface area contributed by atoms with Crippen LogP contribution < -0.4 is 20.8 Å². The van der Waals surface area contributed by atoms with Crippen molar-refractivity contribution in [2.24, 2.45) is 0 Å². The number of hydrogen-bond acceptors (Lipinski definition) is 6. The highest BCUT2D eigenvalue weighted by Crippen LogP contribution is 2.35. The average Bonchev–Trinajstić information content (AvgIpc) is 3.14. The fourth-order valence-corrected chi connectivity index (χ4v) is 3.79. The van der Waals surface area contributed by atoms with Gasteiger partial charge in [-0.2, -0.15) is 0 Å². The van der Waals surface area contributed by atoms with E-state index in [0.717, 1.165) is 30.4 Å². The number of carboxylic acids is 1. The molecule has 156 valence electrons. The predicted octanol–water partition coefficient (Wildman–Crippen LogP) is 1.78. The van der Waals surface area contributed by atoms with Gasteiger partial charge in [0.05, 0.1) is 17.4 Å². The van der Waals surface area contributed by atoms with Crippen molar-refractivity contribution < 1.29 is 23.8 Å². The number of aryl methyl sites for hydroxylation is 2. The van der Waals surface area contributed by atoms with Crippen LogP contribution in [-0.4, -0.2) is 24.0 Å². The average molecular weight is 400 g/mol. The topological polar surface area (TPSA) is 109 Å². The molecule has 7 heteroatoms. The normalized spacial score (nSPS) is 15.0. The first-order chi connectivity index (χ1) is 13.8. The second kappa shape index (κ2) is 8.68. The molecule has 1 aliphatic carbocycles. The third-order valence-corrected chi connectivity index (χ3v) is 5.30. The van der Waals surface area contributed by atoms with Crippen molar-refractivity contribution in [3.05, 3.63) is 39.2 Å². The van der Waals surface area contributed by atoms with Crippen LogP contribution in [0.2, 0.25) is 0 Å². The maximum absolute atomic E-state index is 12.5. The van der Waals surface area contributed by atoms with Crippen LogP contribution in [0.25, 0.3) is 11.0 Å². The Hall–Kier alpha value is -2.83. The molecule has 0 saturated heterocycles. The van der Waals surface area contributed by atoms with Gasteiger partial charge in [-0.15, -0.1) is 0 Å². The number of ether oxygens (including phenoxy) is 1. The van der Waals surface area contributed by atoms with Crippen LogP contribution >= 0.6 is 0 Å². The summed E-state index contributed by atoms with van der Waals surface area (Å²) in [6.07, 6.45) is 3.16. The molecule has 7 nitrogen and oxygen atoms in total. The van der Waals surface area contributed by atoms with Gasteiger partial charge in [0.25, 0.3) is 5.91 Å². The Kier molecular flexibility index (Phi) is 6.25. The lowest BCUT2D eigenvalue weighted by Gasteiger charge is -2.23. The molecule has 0 spiro atoms. The Morgan fingerprint density at radius 2 is 2.00 bits per heavy atom. The first-order valence-corrected chi connectivity index (χ1v) is 10.1. The van der Waals surface area contributed by atoms with Crippen LogP contribution in [0.4, 0.5) is 0 Å². The number of carbonyl (C=O) groups excluding carboxylic acids is 2. The lowest BCUT2D eigenvalue weighted by Crippen LogP contribution is -2.51. The molecule has 0 bridgehead atoms. The minimum absolute atomic E-state index is 0.309. The van der Waals surface area contributed by atoms with Gasteiger partial charge >= 0.3 is 5.63 Å². The number of benzene rings is 1. The van der Waals surface area contributed by atoms with Gasteiger partial charge in [-0.3, -0.25) is 4.79 Å². The fourth-order valence-electron chi connectivity index (χ4n) is 3.79. The molecule has 0 unspecified atom stereocenters. The van der Waals surface area contributed by atoms with Crippen LogP contribution in [0, 0.1) is 6.92 Å². The molecule has 1 aliphatic rings. The van der Waals surface area contributed by atoms with E-state index in [1.54, 1.807) is 19.1 Å². The van der Waals surface area contributed by atoms with Crippen molar-refractivity contribution in [1.82, 2.24) is 5.32 Å². The lowest BCUT2D eigenvalue weighted by atomic mass is 10.0. The molecule has 0 aliphatic heterocycles. The van der Waals surface area contributed by atoms with E-state index in [4.69, 9.17) is 9.15 Å². The van der Waals surface area contributed by atoms with Crippen molar-refractivity contribution >= 4 is 22.8 Å². The largest absolute Gasteiger partial charge is 0.548 e. The third-order valence-electron chi connectivity index (χ3n) is 5.30. The number of nitrogens with one attached hydrogen (secondary N) is 1. The van der Waals surface area contributed by atoms with Crippen molar-refractivity contribution in [3.8, 4) is 5.75 Å². The Balaban J connectivity index is 1.87. The van der Waals surface area contributed by atoms with Gasteiger partial charge in [-0.1, -0.05) is 19.8 Å². The quantitative estimate of drug-likeness (QED) is 0.677. The summed E-state index contributed by atoms with van der Waals surface area (Å²) < 4.78 is 11.4. The number of carbonyl (C=O) groups is 2. The van der Waals surface area contributed by atoms with Gasteiger partial charge in [0, 0.05) is 5.56 Å². The zero-order chi connectivity index (χ0) is 21.1. The van der Waals surface area contributed by atoms with Crippen LogP contribution in [0.3, 0.4) is 0 Å². The van der Waals surface area contributed by atoms with Gasteiger partial charge in [0.1, 0.15) is 11.3 Å². The first kappa shape index (κ1) is 20.9. The Bertz CT molecular complexity index is 993. The van der Waals surface area contributed by atoms with Crippen LogP contribution in [-0.2, 0) is 22.4 Å². The molecule has 2 aromatic rings. The number of fused-ring (bicyclic) bond motifs is 3. The Labute approximate surface area is 169 Å². The van der Waals surface area contributed by atoms with Crippen molar-refractivity contribution in [2.45, 2.75) is 71.4 Å². The SMILES string of the molecule is CCCC[C@@H](NC(=O)[C@@H](C)Oc1cc(C)cc2oc(=O)c3c(c12)CCC3)C(=O)[O-]. The number of unbranched alkanes of at least 4 members (excludes halogenated alkanes) is 1. The molecule has 1 heterocycles. The van der Waals surface area contributed by atoms with Gasteiger partial charge in [-0.25, -0.2) is 4.79 Å². The zero-order valence-electron chi connectivity index (χ0n) is 17.0. The Morgan fingerprint density at radius 3 is 2.69 bits per heavy atom. The van der Waals surface area contributed by atoms with Gasteiger partial charge < -0.3 is 24.4 Å². The van der Waals surface area contributed by atoms with Gasteiger partial charge in [0.15, 0.2) is 6.10 Å². The predicted molar refractivity (Wildman–Crippen MR) is 106 cm³/mol. The van der Waals surface area contributed by atoms with Gasteiger partial charge in [0.2, 0.25) is 0 Å². The lowest BCUT2D eigenvalue weighted by molar-refractivity contribution is -0.308. The van der Waals surface area contributed by atoms with E-state index in [-0.39, 0.29) is 5.63 Å². The summed E-state index contributed by atoms with van der Waals surface area (Å²) in [5.41, 5.74) is 2.53. The summed E-state index contributed by atoms with van der Waals surface area (Å²) in [7, 11) is 0. The molecule has 3 rings (SSSR count). The summed E-state index contributed by atoms with van der Waals surface area (Å²) in [5.74, 6) is -1.37.